The number of rotatable bonds is 4. The highest BCUT2D eigenvalue weighted by atomic mass is 16.6. The van der Waals surface area contributed by atoms with Crippen molar-refractivity contribution in [2.75, 3.05) is 46.3 Å². The number of carbonyl (C=O) groups excluding carboxylic acids is 6. The molecular formula is C37H64N8O9. The molecule has 54 heavy (non-hydrogen) atoms. The van der Waals surface area contributed by atoms with E-state index in [0.29, 0.717) is 84.2 Å². The predicted molar refractivity (Wildman–Crippen MR) is 199 cm³/mol. The Balaban J connectivity index is 0.000000230. The molecule has 6 aliphatic rings. The van der Waals surface area contributed by atoms with E-state index in [4.69, 9.17) is 9.47 Å². The van der Waals surface area contributed by atoms with Crippen molar-refractivity contribution in [1.29, 1.82) is 0 Å². The van der Waals surface area contributed by atoms with Crippen LogP contribution in [0.2, 0.25) is 0 Å². The van der Waals surface area contributed by atoms with E-state index in [2.05, 4.69) is 10.6 Å². The second-order valence-electron chi connectivity index (χ2n) is 16.8. The number of carbonyl (C=O) groups is 6. The van der Waals surface area contributed by atoms with Crippen LogP contribution in [-0.2, 0) is 19.1 Å². The fourth-order valence-corrected chi connectivity index (χ4v) is 7.69. The van der Waals surface area contributed by atoms with Gasteiger partial charge in [-0.25, -0.2) is 24.2 Å². The van der Waals surface area contributed by atoms with Gasteiger partial charge in [-0.2, -0.15) is 0 Å². The van der Waals surface area contributed by atoms with Gasteiger partial charge in [0.15, 0.2) is 0 Å². The van der Waals surface area contributed by atoms with Crippen molar-refractivity contribution in [2.45, 2.75) is 154 Å². The number of piperidine rings is 4. The lowest BCUT2D eigenvalue weighted by Gasteiger charge is -2.35. The Hall–Kier alpha value is -4.02. The van der Waals surface area contributed by atoms with Crippen molar-refractivity contribution >= 4 is 36.1 Å². The second kappa shape index (κ2) is 17.6. The van der Waals surface area contributed by atoms with Crippen molar-refractivity contribution < 1.29 is 43.4 Å². The third-order valence-electron chi connectivity index (χ3n) is 10.6. The van der Waals surface area contributed by atoms with Gasteiger partial charge in [0, 0.05) is 58.4 Å². The van der Waals surface area contributed by atoms with Crippen LogP contribution in [0.25, 0.3) is 0 Å². The quantitative estimate of drug-likeness (QED) is 0.360. The van der Waals surface area contributed by atoms with Crippen LogP contribution in [0.4, 0.5) is 19.2 Å². The molecule has 6 fully saturated rings. The van der Waals surface area contributed by atoms with Crippen molar-refractivity contribution in [3.8, 4) is 0 Å². The normalized spacial score (nSPS) is 26.0. The summed E-state index contributed by atoms with van der Waals surface area (Å²) in [5.41, 5.74) is -1.03. The molecule has 6 rings (SSSR count). The summed E-state index contributed by atoms with van der Waals surface area (Å²) in [4.78, 5) is 81.9. The van der Waals surface area contributed by atoms with E-state index in [1.165, 1.54) is 4.90 Å². The summed E-state index contributed by atoms with van der Waals surface area (Å²) in [6.45, 7) is 18.3. The molecule has 4 bridgehead atoms. The number of likely N-dealkylation sites (N-methyl/N-ethyl adjacent to an activating group) is 1. The molecule has 17 heteroatoms. The van der Waals surface area contributed by atoms with E-state index in [0.717, 1.165) is 11.5 Å². The molecule has 17 nitrogen and oxygen atoms in total. The molecule has 8 amide bonds. The molecule has 0 radical (unpaired) electrons. The summed E-state index contributed by atoms with van der Waals surface area (Å²) in [6.07, 6.45) is 4.84. The fraction of sp³-hybridized carbons (Fsp3) is 0.838. The molecule has 0 aromatic rings. The summed E-state index contributed by atoms with van der Waals surface area (Å²) in [7, 11) is 1.81. The molecule has 0 spiro atoms. The van der Waals surface area contributed by atoms with E-state index in [9.17, 15) is 34.0 Å². The Morgan fingerprint density at radius 1 is 0.611 bits per heavy atom. The molecule has 0 aromatic carbocycles. The van der Waals surface area contributed by atoms with Crippen LogP contribution >= 0.6 is 0 Å². The zero-order valence-electron chi connectivity index (χ0n) is 33.8. The van der Waals surface area contributed by atoms with Crippen LogP contribution in [0, 0.1) is 0 Å². The maximum atomic E-state index is 12.7. The average Bonchev–Trinajstić information content (AvgIpc) is 3.46. The van der Waals surface area contributed by atoms with E-state index in [-0.39, 0.29) is 60.2 Å². The molecule has 6 heterocycles. The number of fused-ring (bicyclic) bond motifs is 4. The standard InChI is InChI=1S/C18H30N4O4.C17H28N4O5.C2H6/c1-18(2,3)26-17(25)21-9-7-12(8-10-21)19-15(23)14-6-5-13-11-22(14)16(24)20(13)4;1-17(2,3)26-16(24)19-8-6-11(7-9-19)18-14(22)13-5-4-12-10-20(13)15(23)21(12)25;1-2/h12-14H,5-11H2,1-4H3,(H,19,23);11-13,25H,4-10H2,1-3H3,(H,18,22);1-2H3/t13-,14+;12-,13+;/m11./s1. The minimum Gasteiger partial charge on any atom is -0.444 e. The van der Waals surface area contributed by atoms with Crippen molar-refractivity contribution in [3.63, 3.8) is 0 Å². The average molecular weight is 765 g/mol. The topological polar surface area (TPSA) is 185 Å². The van der Waals surface area contributed by atoms with E-state index in [1.807, 2.05) is 55.4 Å². The number of amides is 8. The molecule has 0 aliphatic carbocycles. The van der Waals surface area contributed by atoms with Gasteiger partial charge in [0.25, 0.3) is 0 Å². The van der Waals surface area contributed by atoms with Gasteiger partial charge in [-0.15, -0.1) is 0 Å². The van der Waals surface area contributed by atoms with Crippen LogP contribution in [-0.4, -0.2) is 165 Å². The Kier molecular flexibility index (Phi) is 13.9. The lowest BCUT2D eigenvalue weighted by molar-refractivity contribution is -0.127. The van der Waals surface area contributed by atoms with Crippen molar-refractivity contribution in [2.24, 2.45) is 0 Å². The minimum atomic E-state index is -0.528. The number of hydrogen-bond acceptors (Lipinski definition) is 9. The first kappa shape index (κ1) is 42.7. The third-order valence-corrected chi connectivity index (χ3v) is 10.6. The van der Waals surface area contributed by atoms with E-state index < -0.39 is 23.3 Å². The Morgan fingerprint density at radius 2 is 0.981 bits per heavy atom. The first-order valence-corrected chi connectivity index (χ1v) is 19.7. The Bertz CT molecular complexity index is 1270. The van der Waals surface area contributed by atoms with E-state index in [1.54, 1.807) is 26.6 Å². The van der Waals surface area contributed by atoms with Gasteiger partial charge in [-0.05, 0) is 92.9 Å². The number of nitrogens with one attached hydrogen (secondary N) is 2. The van der Waals surface area contributed by atoms with Crippen LogP contribution < -0.4 is 10.6 Å². The summed E-state index contributed by atoms with van der Waals surface area (Å²) in [5, 5.41) is 16.5. The van der Waals surface area contributed by atoms with Gasteiger partial charge in [0.05, 0.1) is 12.1 Å². The SMILES string of the molecule is CC.CC(C)(C)OC(=O)N1CCC(NC(=O)[C@@H]2CC[C@@H]3CN2C(=O)N3O)CC1.CN1C(=O)N2C[C@H]1CC[C@H]2C(=O)NC1CCN(C(=O)OC(C)(C)C)CC1. The first-order valence-electron chi connectivity index (χ1n) is 19.7. The number of hydrogen-bond donors (Lipinski definition) is 3. The minimum absolute atomic E-state index is 0.0261. The Labute approximate surface area is 319 Å². The maximum Gasteiger partial charge on any atom is 0.410 e. The summed E-state index contributed by atoms with van der Waals surface area (Å²) in [6, 6.07) is -1.39. The highest BCUT2D eigenvalue weighted by molar-refractivity contribution is 5.89. The predicted octanol–water partition coefficient (Wildman–Crippen LogP) is 3.59. The van der Waals surface area contributed by atoms with Gasteiger partial charge < -0.3 is 44.6 Å². The first-order chi connectivity index (χ1) is 25.3. The molecule has 306 valence electrons. The summed E-state index contributed by atoms with van der Waals surface area (Å²) < 4.78 is 10.8. The molecule has 4 atom stereocenters. The van der Waals surface area contributed by atoms with Crippen LogP contribution in [0.3, 0.4) is 0 Å². The third kappa shape index (κ3) is 10.6. The lowest BCUT2D eigenvalue weighted by atomic mass is 9.98. The Morgan fingerprint density at radius 3 is 1.39 bits per heavy atom. The van der Waals surface area contributed by atoms with Gasteiger partial charge in [-0.1, -0.05) is 13.8 Å². The number of urea groups is 2. The largest absolute Gasteiger partial charge is 0.444 e. The number of likely N-dealkylation sites (tertiary alicyclic amines) is 2. The molecule has 6 saturated heterocycles. The summed E-state index contributed by atoms with van der Waals surface area (Å²) in [5.74, 6) is -0.245. The van der Waals surface area contributed by atoms with Crippen LogP contribution in [0.1, 0.15) is 107 Å². The lowest BCUT2D eigenvalue weighted by Crippen LogP contribution is -2.54. The molecule has 3 N–H and O–H groups in total. The zero-order valence-corrected chi connectivity index (χ0v) is 33.8. The zero-order chi connectivity index (χ0) is 40.1. The van der Waals surface area contributed by atoms with Crippen LogP contribution in [0.15, 0.2) is 0 Å². The van der Waals surface area contributed by atoms with Crippen molar-refractivity contribution in [1.82, 2.24) is 40.2 Å². The van der Waals surface area contributed by atoms with E-state index >= 15 is 0 Å². The smallest absolute Gasteiger partial charge is 0.410 e. The summed E-state index contributed by atoms with van der Waals surface area (Å²) >= 11 is 0. The van der Waals surface area contributed by atoms with Crippen molar-refractivity contribution in [3.05, 3.63) is 0 Å². The maximum absolute atomic E-state index is 12.7. The molecule has 0 saturated carbocycles. The van der Waals surface area contributed by atoms with Gasteiger partial charge in [-0.3, -0.25) is 14.8 Å². The molecular weight excluding hydrogens is 700 g/mol. The second-order valence-corrected chi connectivity index (χ2v) is 16.8. The molecule has 0 aromatic heterocycles. The van der Waals surface area contributed by atoms with Gasteiger partial charge in [0.2, 0.25) is 11.8 Å². The number of ether oxygens (including phenoxy) is 2. The number of hydroxylamine groups is 2. The number of nitrogens with zero attached hydrogens (tertiary/aromatic N) is 6. The van der Waals surface area contributed by atoms with Gasteiger partial charge in [0.1, 0.15) is 23.3 Å². The fourth-order valence-electron chi connectivity index (χ4n) is 7.69. The highest BCUT2D eigenvalue weighted by Gasteiger charge is 2.48. The monoisotopic (exact) mass is 764 g/mol. The molecule has 0 unspecified atom stereocenters. The van der Waals surface area contributed by atoms with Crippen LogP contribution in [0.5, 0.6) is 0 Å². The molecule has 6 aliphatic heterocycles. The highest BCUT2D eigenvalue weighted by Crippen LogP contribution is 2.30. The van der Waals surface area contributed by atoms with Gasteiger partial charge >= 0.3 is 24.2 Å².